The maximum Gasteiger partial charge on any atom is 0.232 e. The van der Waals surface area contributed by atoms with Crippen molar-refractivity contribution in [3.63, 3.8) is 0 Å². The summed E-state index contributed by atoms with van der Waals surface area (Å²) in [6, 6.07) is 10.1. The standard InChI is InChI=1S/C20H15ClFN3O3S/c1-2-5-29(27,28)25-18-9-15(22)8-16(19(18)21)20(26)13-3-4-17-14(7-13)6-12(10-23)11-24-17/h3-4,6-9,11,25H,2,5H2,1H3. The first kappa shape index (κ1) is 20.7. The molecule has 0 saturated carbocycles. The van der Waals surface area contributed by atoms with E-state index in [2.05, 4.69) is 9.71 Å². The Morgan fingerprint density at radius 3 is 2.72 bits per heavy atom. The average molecular weight is 432 g/mol. The molecule has 3 aromatic rings. The van der Waals surface area contributed by atoms with E-state index in [1.807, 2.05) is 6.07 Å². The molecule has 148 valence electrons. The Labute approximate surface area is 172 Å². The summed E-state index contributed by atoms with van der Waals surface area (Å²) in [6.45, 7) is 1.69. The van der Waals surface area contributed by atoms with Crippen LogP contribution in [0, 0.1) is 17.1 Å². The van der Waals surface area contributed by atoms with Crippen LogP contribution in [0.5, 0.6) is 0 Å². The summed E-state index contributed by atoms with van der Waals surface area (Å²) in [5, 5.41) is 9.38. The quantitative estimate of drug-likeness (QED) is 0.587. The number of nitrogens with one attached hydrogen (secondary N) is 1. The first-order valence-electron chi connectivity index (χ1n) is 8.58. The van der Waals surface area contributed by atoms with Gasteiger partial charge in [0.1, 0.15) is 11.9 Å². The molecule has 2 aromatic carbocycles. The molecule has 0 radical (unpaired) electrons. The molecule has 6 nitrogen and oxygen atoms in total. The van der Waals surface area contributed by atoms with Gasteiger partial charge >= 0.3 is 0 Å². The summed E-state index contributed by atoms with van der Waals surface area (Å²) in [6.07, 6.45) is 1.78. The summed E-state index contributed by atoms with van der Waals surface area (Å²) >= 11 is 6.23. The van der Waals surface area contributed by atoms with Gasteiger partial charge in [0.15, 0.2) is 5.78 Å². The van der Waals surface area contributed by atoms with Crippen LogP contribution < -0.4 is 4.72 Å². The molecule has 0 amide bonds. The number of fused-ring (bicyclic) bond motifs is 1. The van der Waals surface area contributed by atoms with Crippen LogP contribution in [0.3, 0.4) is 0 Å². The molecule has 0 aliphatic heterocycles. The highest BCUT2D eigenvalue weighted by Crippen LogP contribution is 2.31. The molecule has 0 fully saturated rings. The summed E-state index contributed by atoms with van der Waals surface area (Å²) in [7, 11) is -3.72. The molecule has 0 aliphatic rings. The molecule has 3 rings (SSSR count). The number of aromatic nitrogens is 1. The van der Waals surface area contributed by atoms with Gasteiger partial charge in [0.05, 0.1) is 27.5 Å². The van der Waals surface area contributed by atoms with E-state index in [0.29, 0.717) is 22.9 Å². The zero-order chi connectivity index (χ0) is 21.2. The minimum absolute atomic E-state index is 0.165. The Balaban J connectivity index is 2.05. The zero-order valence-corrected chi connectivity index (χ0v) is 16.8. The lowest BCUT2D eigenvalue weighted by molar-refractivity contribution is 0.103. The summed E-state index contributed by atoms with van der Waals surface area (Å²) in [5.41, 5.74) is 0.740. The maximum absolute atomic E-state index is 14.1. The molecule has 0 atom stereocenters. The van der Waals surface area contributed by atoms with Crippen molar-refractivity contribution in [2.75, 3.05) is 10.5 Å². The largest absolute Gasteiger partial charge is 0.289 e. The number of hydrogen-bond donors (Lipinski definition) is 1. The minimum Gasteiger partial charge on any atom is -0.289 e. The molecule has 9 heteroatoms. The van der Waals surface area contributed by atoms with Crippen molar-refractivity contribution in [3.05, 3.63) is 70.1 Å². The lowest BCUT2D eigenvalue weighted by Gasteiger charge is -2.12. The number of nitriles is 1. The van der Waals surface area contributed by atoms with Crippen LogP contribution in [-0.2, 0) is 10.0 Å². The van der Waals surface area contributed by atoms with E-state index in [1.54, 1.807) is 19.1 Å². The number of carbonyl (C=O) groups excluding carboxylic acids is 1. The topological polar surface area (TPSA) is 99.9 Å². The highest BCUT2D eigenvalue weighted by atomic mass is 35.5. The average Bonchev–Trinajstić information content (AvgIpc) is 2.68. The van der Waals surface area contributed by atoms with Crippen LogP contribution in [0.2, 0.25) is 5.02 Å². The van der Waals surface area contributed by atoms with Crippen molar-refractivity contribution in [1.82, 2.24) is 4.98 Å². The lowest BCUT2D eigenvalue weighted by Crippen LogP contribution is -2.17. The lowest BCUT2D eigenvalue weighted by atomic mass is 10.0. The summed E-state index contributed by atoms with van der Waals surface area (Å²) < 4.78 is 40.3. The number of sulfonamides is 1. The number of benzene rings is 2. The van der Waals surface area contributed by atoms with E-state index in [0.717, 1.165) is 12.1 Å². The van der Waals surface area contributed by atoms with E-state index in [4.69, 9.17) is 16.9 Å². The van der Waals surface area contributed by atoms with E-state index >= 15 is 0 Å². The Kier molecular flexibility index (Phi) is 5.82. The predicted octanol–water partition coefficient (Wildman–Crippen LogP) is 4.28. The maximum atomic E-state index is 14.1. The molecule has 0 saturated heterocycles. The monoisotopic (exact) mass is 431 g/mol. The number of nitrogens with zero attached hydrogens (tertiary/aromatic N) is 2. The molecular weight excluding hydrogens is 417 g/mol. The van der Waals surface area contributed by atoms with Crippen molar-refractivity contribution < 1.29 is 17.6 Å². The van der Waals surface area contributed by atoms with Gasteiger partial charge < -0.3 is 0 Å². The zero-order valence-electron chi connectivity index (χ0n) is 15.2. The van der Waals surface area contributed by atoms with E-state index in [1.165, 1.54) is 18.3 Å². The van der Waals surface area contributed by atoms with Crippen molar-refractivity contribution in [2.45, 2.75) is 13.3 Å². The third kappa shape index (κ3) is 4.53. The second-order valence-corrected chi connectivity index (χ2v) is 8.53. The van der Waals surface area contributed by atoms with Crippen molar-refractivity contribution >= 4 is 44.0 Å². The fourth-order valence-corrected chi connectivity index (χ4v) is 4.24. The Morgan fingerprint density at radius 2 is 2.03 bits per heavy atom. The van der Waals surface area contributed by atoms with E-state index in [-0.39, 0.29) is 27.6 Å². The second kappa shape index (κ2) is 8.15. The van der Waals surface area contributed by atoms with Gasteiger partial charge in [-0.15, -0.1) is 0 Å². The normalized spacial score (nSPS) is 11.2. The van der Waals surface area contributed by atoms with Crippen molar-refractivity contribution in [2.24, 2.45) is 0 Å². The van der Waals surface area contributed by atoms with Crippen LogP contribution in [0.4, 0.5) is 10.1 Å². The third-order valence-electron chi connectivity index (χ3n) is 4.09. The van der Waals surface area contributed by atoms with Gasteiger partial charge in [-0.05, 0) is 42.8 Å². The van der Waals surface area contributed by atoms with Crippen LogP contribution in [0.25, 0.3) is 10.9 Å². The predicted molar refractivity (Wildman–Crippen MR) is 109 cm³/mol. The van der Waals surface area contributed by atoms with Gasteiger partial charge in [-0.25, -0.2) is 12.8 Å². The van der Waals surface area contributed by atoms with E-state index < -0.39 is 21.6 Å². The Hall–Kier alpha value is -3.02. The Morgan fingerprint density at radius 1 is 1.28 bits per heavy atom. The highest BCUT2D eigenvalue weighted by molar-refractivity contribution is 7.92. The fraction of sp³-hybridized carbons (Fsp3) is 0.150. The van der Waals surface area contributed by atoms with Crippen LogP contribution >= 0.6 is 11.6 Å². The van der Waals surface area contributed by atoms with Gasteiger partial charge in [-0.1, -0.05) is 18.5 Å². The number of rotatable bonds is 6. The number of carbonyl (C=O) groups is 1. The summed E-state index contributed by atoms with van der Waals surface area (Å²) in [5.74, 6) is -1.56. The first-order valence-corrected chi connectivity index (χ1v) is 10.6. The fourth-order valence-electron chi connectivity index (χ4n) is 2.81. The molecule has 1 aromatic heterocycles. The first-order chi connectivity index (χ1) is 13.7. The number of ketones is 1. The van der Waals surface area contributed by atoms with Crippen molar-refractivity contribution in [3.8, 4) is 6.07 Å². The van der Waals surface area contributed by atoms with Gasteiger partial charge in [0.25, 0.3) is 0 Å². The third-order valence-corrected chi connectivity index (χ3v) is 5.98. The molecule has 0 spiro atoms. The molecule has 0 unspecified atom stereocenters. The van der Waals surface area contributed by atoms with Crippen molar-refractivity contribution in [1.29, 1.82) is 5.26 Å². The smallest absolute Gasteiger partial charge is 0.232 e. The Bertz CT molecular complexity index is 1270. The van der Waals surface area contributed by atoms with Gasteiger partial charge in [0.2, 0.25) is 10.0 Å². The number of hydrogen-bond acceptors (Lipinski definition) is 5. The molecular formula is C20H15ClFN3O3S. The molecule has 0 bridgehead atoms. The van der Waals surface area contributed by atoms with E-state index in [9.17, 15) is 17.6 Å². The number of pyridine rings is 1. The van der Waals surface area contributed by atoms with Gasteiger partial charge in [-0.2, -0.15) is 5.26 Å². The van der Waals surface area contributed by atoms with Crippen LogP contribution in [0.1, 0.15) is 34.8 Å². The summed E-state index contributed by atoms with van der Waals surface area (Å²) in [4.78, 5) is 17.1. The molecule has 0 aliphatic carbocycles. The SMILES string of the molecule is CCCS(=O)(=O)Nc1cc(F)cc(C(=O)c2ccc3ncc(C#N)cc3c2)c1Cl. The van der Waals surface area contributed by atoms with Crippen LogP contribution in [-0.4, -0.2) is 24.9 Å². The van der Waals surface area contributed by atoms with Gasteiger partial charge in [0, 0.05) is 22.7 Å². The molecule has 1 N–H and O–H groups in total. The molecule has 1 heterocycles. The number of halogens is 2. The second-order valence-electron chi connectivity index (χ2n) is 6.31. The van der Waals surface area contributed by atoms with Gasteiger partial charge in [-0.3, -0.25) is 14.5 Å². The number of anilines is 1. The van der Waals surface area contributed by atoms with Crippen LogP contribution in [0.15, 0.2) is 42.6 Å². The minimum atomic E-state index is -3.72. The molecule has 29 heavy (non-hydrogen) atoms. The highest BCUT2D eigenvalue weighted by Gasteiger charge is 2.20.